The average molecular weight is 387 g/mol. The van der Waals surface area contributed by atoms with Gasteiger partial charge in [0.25, 0.3) is 0 Å². The minimum absolute atomic E-state index is 0.0576. The van der Waals surface area contributed by atoms with Gasteiger partial charge in [-0.25, -0.2) is 13.4 Å². The Morgan fingerprint density at radius 1 is 1.23 bits per heavy atom. The first-order valence-corrected chi connectivity index (χ1v) is 11.0. The van der Waals surface area contributed by atoms with E-state index in [1.165, 1.54) is 0 Å². The summed E-state index contributed by atoms with van der Waals surface area (Å²) in [6.07, 6.45) is 2.05. The molecule has 0 aliphatic rings. The van der Waals surface area contributed by atoms with E-state index in [9.17, 15) is 8.42 Å². The third-order valence-electron chi connectivity index (χ3n) is 4.31. The normalized spacial score (nSPS) is 13.3. The molecule has 0 atom stereocenters. The third kappa shape index (κ3) is 6.63. The maximum Gasteiger partial charge on any atom is 0.191 e. The molecule has 150 valence electrons. The zero-order valence-corrected chi connectivity index (χ0v) is 17.7. The van der Waals surface area contributed by atoms with Crippen LogP contribution in [-0.4, -0.2) is 43.1 Å². The molecular formula is C18H34N4O3S. The van der Waals surface area contributed by atoms with Crippen LogP contribution < -0.4 is 10.6 Å². The van der Waals surface area contributed by atoms with E-state index in [0.29, 0.717) is 37.3 Å². The molecule has 1 heterocycles. The van der Waals surface area contributed by atoms with Crippen molar-refractivity contribution in [2.24, 2.45) is 4.99 Å². The lowest BCUT2D eigenvalue weighted by Gasteiger charge is -2.19. The number of nitrogens with zero attached hydrogens (tertiary/aromatic N) is 2. The first-order chi connectivity index (χ1) is 12.1. The topological polar surface area (TPSA) is 96.6 Å². The molecule has 1 aromatic rings. The van der Waals surface area contributed by atoms with Crippen molar-refractivity contribution in [3.8, 4) is 0 Å². The second-order valence-electron chi connectivity index (χ2n) is 7.28. The molecule has 0 spiro atoms. The van der Waals surface area contributed by atoms with Gasteiger partial charge in [-0.1, -0.05) is 19.0 Å². The monoisotopic (exact) mass is 386 g/mol. The van der Waals surface area contributed by atoms with Crippen molar-refractivity contribution in [1.29, 1.82) is 0 Å². The van der Waals surface area contributed by atoms with Gasteiger partial charge >= 0.3 is 0 Å². The molecule has 0 amide bonds. The molecule has 0 radical (unpaired) electrons. The van der Waals surface area contributed by atoms with Gasteiger partial charge in [0.15, 0.2) is 21.6 Å². The molecule has 0 saturated carbocycles. The van der Waals surface area contributed by atoms with Crippen LogP contribution in [0.1, 0.15) is 71.8 Å². The van der Waals surface area contributed by atoms with E-state index in [0.717, 1.165) is 18.5 Å². The number of guanidine groups is 1. The highest BCUT2D eigenvalue weighted by atomic mass is 32.2. The zero-order chi connectivity index (χ0) is 19.8. The molecule has 0 saturated heterocycles. The second kappa shape index (κ2) is 9.94. The van der Waals surface area contributed by atoms with Gasteiger partial charge in [-0.05, 0) is 40.5 Å². The van der Waals surface area contributed by atoms with E-state index >= 15 is 0 Å². The molecule has 26 heavy (non-hydrogen) atoms. The van der Waals surface area contributed by atoms with E-state index < -0.39 is 14.6 Å². The number of aromatic nitrogens is 1. The Bertz CT molecular complexity index is 671. The van der Waals surface area contributed by atoms with Crippen LogP contribution in [-0.2, 0) is 16.4 Å². The molecule has 2 N–H and O–H groups in total. The fraction of sp³-hybridized carbons (Fsp3) is 0.778. The maximum absolute atomic E-state index is 12.2. The summed E-state index contributed by atoms with van der Waals surface area (Å²) in [6, 6.07) is 1.95. The summed E-state index contributed by atoms with van der Waals surface area (Å²) in [5.74, 6) is 1.73. The van der Waals surface area contributed by atoms with Crippen LogP contribution in [0.5, 0.6) is 0 Å². The summed E-state index contributed by atoms with van der Waals surface area (Å²) in [6.45, 7) is 12.7. The van der Waals surface area contributed by atoms with Gasteiger partial charge in [-0.2, -0.15) is 0 Å². The van der Waals surface area contributed by atoms with Gasteiger partial charge in [-0.15, -0.1) is 0 Å². The van der Waals surface area contributed by atoms with E-state index in [2.05, 4.69) is 34.6 Å². The predicted molar refractivity (Wildman–Crippen MR) is 106 cm³/mol. The van der Waals surface area contributed by atoms with Crippen molar-refractivity contribution in [1.82, 2.24) is 15.8 Å². The van der Waals surface area contributed by atoms with E-state index in [1.54, 1.807) is 20.8 Å². The first kappa shape index (κ1) is 22.5. The van der Waals surface area contributed by atoms with Crippen LogP contribution in [0, 0.1) is 0 Å². The number of rotatable bonds is 9. The standard InChI is InChI=1S/C18H34N4O3S/c1-7-14(8-2)16-12-15(25-22-16)13-21-17(19-9-3)20-10-11-26(23,24)18(4,5)6/h12,14H,7-11,13H2,1-6H3,(H2,19,20,21). The van der Waals surface area contributed by atoms with Crippen LogP contribution in [0.3, 0.4) is 0 Å². The predicted octanol–water partition coefficient (Wildman–Crippen LogP) is 2.85. The molecule has 0 fully saturated rings. The number of aliphatic imine (C=N–C) groups is 1. The van der Waals surface area contributed by atoms with Crippen molar-refractivity contribution in [2.45, 2.75) is 71.6 Å². The molecule has 7 nitrogen and oxygen atoms in total. The molecular weight excluding hydrogens is 352 g/mol. The summed E-state index contributed by atoms with van der Waals surface area (Å²) in [5.41, 5.74) is 0.967. The van der Waals surface area contributed by atoms with Gasteiger partial charge in [0.1, 0.15) is 6.54 Å². The molecule has 0 aromatic carbocycles. The summed E-state index contributed by atoms with van der Waals surface area (Å²) in [4.78, 5) is 4.46. The Balaban J connectivity index is 2.67. The van der Waals surface area contributed by atoms with Crippen molar-refractivity contribution in [2.75, 3.05) is 18.8 Å². The van der Waals surface area contributed by atoms with E-state index in [-0.39, 0.29) is 5.75 Å². The highest BCUT2D eigenvalue weighted by molar-refractivity contribution is 7.92. The van der Waals surface area contributed by atoms with Gasteiger partial charge in [-0.3, -0.25) is 0 Å². The third-order valence-corrected chi connectivity index (χ3v) is 6.92. The Hall–Kier alpha value is -1.57. The molecule has 0 aliphatic heterocycles. The van der Waals surface area contributed by atoms with Crippen LogP contribution in [0.4, 0.5) is 0 Å². The highest BCUT2D eigenvalue weighted by Gasteiger charge is 2.28. The minimum atomic E-state index is -3.16. The Labute approximate surface area is 157 Å². The average Bonchev–Trinajstić information content (AvgIpc) is 3.01. The van der Waals surface area contributed by atoms with Crippen LogP contribution in [0.2, 0.25) is 0 Å². The van der Waals surface area contributed by atoms with E-state index in [1.807, 2.05) is 13.0 Å². The Morgan fingerprint density at radius 2 is 1.88 bits per heavy atom. The quantitative estimate of drug-likeness (QED) is 0.500. The molecule has 1 aromatic heterocycles. The fourth-order valence-corrected chi connectivity index (χ4v) is 3.39. The first-order valence-electron chi connectivity index (χ1n) is 9.34. The lowest BCUT2D eigenvalue weighted by molar-refractivity contribution is 0.372. The molecule has 0 unspecified atom stereocenters. The maximum atomic E-state index is 12.2. The van der Waals surface area contributed by atoms with Crippen LogP contribution in [0.25, 0.3) is 0 Å². The molecule has 1 rings (SSSR count). The van der Waals surface area contributed by atoms with Crippen molar-refractivity contribution >= 4 is 15.8 Å². The van der Waals surface area contributed by atoms with Crippen LogP contribution >= 0.6 is 0 Å². The highest BCUT2D eigenvalue weighted by Crippen LogP contribution is 2.22. The molecule has 8 heteroatoms. The number of hydrogen-bond acceptors (Lipinski definition) is 5. The number of nitrogens with one attached hydrogen (secondary N) is 2. The zero-order valence-electron chi connectivity index (χ0n) is 16.9. The second-order valence-corrected chi connectivity index (χ2v) is 10.1. The Morgan fingerprint density at radius 3 is 2.42 bits per heavy atom. The minimum Gasteiger partial charge on any atom is -0.359 e. The lowest BCUT2D eigenvalue weighted by atomic mass is 9.99. The summed E-state index contributed by atoms with van der Waals surface area (Å²) in [5, 5.41) is 10.3. The van der Waals surface area contributed by atoms with Crippen LogP contribution in [0.15, 0.2) is 15.6 Å². The Kier molecular flexibility index (Phi) is 8.59. The van der Waals surface area contributed by atoms with Crippen molar-refractivity contribution < 1.29 is 12.9 Å². The van der Waals surface area contributed by atoms with Gasteiger partial charge in [0.05, 0.1) is 16.2 Å². The van der Waals surface area contributed by atoms with Crippen molar-refractivity contribution in [3.05, 3.63) is 17.5 Å². The SMILES string of the molecule is CCNC(=NCc1cc(C(CC)CC)no1)NCCS(=O)(=O)C(C)(C)C. The van der Waals surface area contributed by atoms with Gasteiger partial charge in [0, 0.05) is 25.1 Å². The largest absolute Gasteiger partial charge is 0.359 e. The van der Waals surface area contributed by atoms with Crippen molar-refractivity contribution in [3.63, 3.8) is 0 Å². The number of sulfone groups is 1. The summed E-state index contributed by atoms with van der Waals surface area (Å²) < 4.78 is 29.0. The molecule has 0 aliphatic carbocycles. The van der Waals surface area contributed by atoms with E-state index in [4.69, 9.17) is 4.52 Å². The molecule has 0 bridgehead atoms. The van der Waals surface area contributed by atoms with Gasteiger partial charge in [0.2, 0.25) is 0 Å². The number of hydrogen-bond donors (Lipinski definition) is 2. The smallest absolute Gasteiger partial charge is 0.191 e. The van der Waals surface area contributed by atoms with Gasteiger partial charge < -0.3 is 15.2 Å². The lowest BCUT2D eigenvalue weighted by Crippen LogP contribution is -2.41. The summed E-state index contributed by atoms with van der Waals surface area (Å²) >= 11 is 0. The fourth-order valence-electron chi connectivity index (χ4n) is 2.41. The summed E-state index contributed by atoms with van der Waals surface area (Å²) in [7, 11) is -3.16.